The summed E-state index contributed by atoms with van der Waals surface area (Å²) in [7, 11) is 0. The highest BCUT2D eigenvalue weighted by molar-refractivity contribution is 5.77. The van der Waals surface area contributed by atoms with E-state index in [2.05, 4.69) is 5.32 Å². The Hall–Kier alpha value is -0.610. The van der Waals surface area contributed by atoms with E-state index in [0.29, 0.717) is 25.2 Å². The molecular formula is C13H21NO3. The van der Waals surface area contributed by atoms with Crippen molar-refractivity contribution < 1.29 is 15.0 Å². The molecule has 1 heterocycles. The van der Waals surface area contributed by atoms with Crippen molar-refractivity contribution in [2.24, 2.45) is 11.3 Å². The highest BCUT2D eigenvalue weighted by atomic mass is 16.4. The van der Waals surface area contributed by atoms with Gasteiger partial charge in [0.15, 0.2) is 0 Å². The van der Waals surface area contributed by atoms with Gasteiger partial charge in [-0.1, -0.05) is 6.42 Å². The Kier molecular flexibility index (Phi) is 2.49. The summed E-state index contributed by atoms with van der Waals surface area (Å²) in [4.78, 5) is 11.6. The van der Waals surface area contributed by atoms with E-state index in [0.717, 1.165) is 25.8 Å². The summed E-state index contributed by atoms with van der Waals surface area (Å²) < 4.78 is 0. The second kappa shape index (κ2) is 3.69. The first-order valence-electron chi connectivity index (χ1n) is 6.78. The molecule has 0 aromatic heterocycles. The van der Waals surface area contributed by atoms with Crippen LogP contribution in [0.2, 0.25) is 0 Å². The predicted octanol–water partition coefficient (Wildman–Crippen LogP) is 1.13. The van der Waals surface area contributed by atoms with Crippen molar-refractivity contribution >= 4 is 5.97 Å². The zero-order valence-electron chi connectivity index (χ0n) is 10.1. The molecule has 3 rings (SSSR count). The summed E-state index contributed by atoms with van der Waals surface area (Å²) >= 11 is 0. The van der Waals surface area contributed by atoms with E-state index < -0.39 is 17.0 Å². The molecule has 2 aliphatic carbocycles. The molecule has 0 aromatic carbocycles. The number of rotatable bonds is 2. The van der Waals surface area contributed by atoms with E-state index in [1.165, 1.54) is 6.42 Å². The number of fused-ring (bicyclic) bond motifs is 2. The lowest BCUT2D eigenvalue weighted by Gasteiger charge is -2.57. The lowest BCUT2D eigenvalue weighted by molar-refractivity contribution is -0.202. The largest absolute Gasteiger partial charge is 0.481 e. The number of carboxylic acid groups (broad SMARTS) is 1. The van der Waals surface area contributed by atoms with Crippen LogP contribution in [0.4, 0.5) is 0 Å². The van der Waals surface area contributed by atoms with Gasteiger partial charge in [-0.05, 0) is 51.0 Å². The Balaban J connectivity index is 1.91. The minimum absolute atomic E-state index is 0.00796. The van der Waals surface area contributed by atoms with Gasteiger partial charge >= 0.3 is 5.97 Å². The molecule has 0 spiro atoms. The first-order valence-corrected chi connectivity index (χ1v) is 6.78. The second-order valence-corrected chi connectivity index (χ2v) is 6.10. The maximum absolute atomic E-state index is 11.6. The quantitative estimate of drug-likeness (QED) is 0.675. The molecule has 96 valence electrons. The standard InChI is InChI=1S/C13H21NO3/c15-11(16)12(4-1-5-12)13(17)6-2-9-3-7-14-10(13)8-9/h9-10,14,17H,1-8H2,(H,15,16). The van der Waals surface area contributed by atoms with Crippen molar-refractivity contribution in [3.8, 4) is 0 Å². The van der Waals surface area contributed by atoms with E-state index in [-0.39, 0.29) is 6.04 Å². The number of hydrogen-bond acceptors (Lipinski definition) is 3. The van der Waals surface area contributed by atoms with Crippen LogP contribution >= 0.6 is 0 Å². The molecule has 2 bridgehead atoms. The minimum Gasteiger partial charge on any atom is -0.481 e. The monoisotopic (exact) mass is 239 g/mol. The number of piperidine rings is 1. The van der Waals surface area contributed by atoms with Crippen molar-refractivity contribution in [3.63, 3.8) is 0 Å². The van der Waals surface area contributed by atoms with Crippen LogP contribution in [-0.2, 0) is 4.79 Å². The Morgan fingerprint density at radius 2 is 2.00 bits per heavy atom. The molecule has 0 aromatic rings. The lowest BCUT2D eigenvalue weighted by atomic mass is 9.52. The van der Waals surface area contributed by atoms with Crippen LogP contribution in [0.15, 0.2) is 0 Å². The number of carbonyl (C=O) groups is 1. The molecule has 17 heavy (non-hydrogen) atoms. The van der Waals surface area contributed by atoms with Crippen LogP contribution in [-0.4, -0.2) is 34.4 Å². The third-order valence-electron chi connectivity index (χ3n) is 5.47. The normalized spacial score (nSPS) is 43.8. The predicted molar refractivity (Wildman–Crippen MR) is 62.6 cm³/mol. The summed E-state index contributed by atoms with van der Waals surface area (Å²) in [5.74, 6) is -0.107. The van der Waals surface area contributed by atoms with E-state index in [1.807, 2.05) is 0 Å². The maximum atomic E-state index is 11.6. The second-order valence-electron chi connectivity index (χ2n) is 6.10. The summed E-state index contributed by atoms with van der Waals surface area (Å²) in [5.41, 5.74) is -1.89. The van der Waals surface area contributed by atoms with E-state index >= 15 is 0 Å². The average Bonchev–Trinajstić information content (AvgIpc) is 2.23. The summed E-state index contributed by atoms with van der Waals surface area (Å²) in [5, 5.41) is 23.8. The number of hydrogen-bond donors (Lipinski definition) is 3. The molecule has 3 N–H and O–H groups in total. The van der Waals surface area contributed by atoms with Crippen LogP contribution in [0.25, 0.3) is 0 Å². The molecule has 3 unspecified atom stereocenters. The summed E-state index contributed by atoms with van der Waals surface area (Å²) in [6.07, 6.45) is 5.98. The third-order valence-corrected chi connectivity index (χ3v) is 5.47. The van der Waals surface area contributed by atoms with Crippen LogP contribution in [0, 0.1) is 11.3 Å². The van der Waals surface area contributed by atoms with E-state index in [9.17, 15) is 15.0 Å². The van der Waals surface area contributed by atoms with Gasteiger partial charge in [-0.25, -0.2) is 0 Å². The van der Waals surface area contributed by atoms with Crippen LogP contribution in [0.5, 0.6) is 0 Å². The molecule has 4 nitrogen and oxygen atoms in total. The fourth-order valence-electron chi connectivity index (χ4n) is 4.16. The van der Waals surface area contributed by atoms with Gasteiger partial charge in [0, 0.05) is 6.04 Å². The number of nitrogens with one attached hydrogen (secondary N) is 1. The fraction of sp³-hybridized carbons (Fsp3) is 0.923. The molecule has 3 atom stereocenters. The molecule has 3 aliphatic rings. The van der Waals surface area contributed by atoms with Gasteiger partial charge < -0.3 is 15.5 Å². The maximum Gasteiger partial charge on any atom is 0.312 e. The first-order chi connectivity index (χ1) is 8.08. The smallest absolute Gasteiger partial charge is 0.312 e. The highest BCUT2D eigenvalue weighted by Gasteiger charge is 2.63. The number of carboxylic acids is 1. The Morgan fingerprint density at radius 1 is 1.24 bits per heavy atom. The van der Waals surface area contributed by atoms with Gasteiger partial charge in [-0.15, -0.1) is 0 Å². The van der Waals surface area contributed by atoms with Crippen molar-refractivity contribution in [2.75, 3.05) is 6.54 Å². The molecule has 1 saturated heterocycles. The van der Waals surface area contributed by atoms with Crippen molar-refractivity contribution in [1.29, 1.82) is 0 Å². The van der Waals surface area contributed by atoms with Gasteiger partial charge in [-0.2, -0.15) is 0 Å². The van der Waals surface area contributed by atoms with E-state index in [1.54, 1.807) is 0 Å². The molecule has 4 heteroatoms. The van der Waals surface area contributed by atoms with Gasteiger partial charge in [0.25, 0.3) is 0 Å². The van der Waals surface area contributed by atoms with Gasteiger partial charge in [0.2, 0.25) is 0 Å². The molecule has 1 aliphatic heterocycles. The van der Waals surface area contributed by atoms with Crippen LogP contribution in [0.3, 0.4) is 0 Å². The van der Waals surface area contributed by atoms with Crippen LogP contribution in [0.1, 0.15) is 44.9 Å². The Labute approximate surface area is 101 Å². The van der Waals surface area contributed by atoms with Gasteiger partial charge in [0.05, 0.1) is 11.0 Å². The molecule has 0 radical (unpaired) electrons. The highest BCUT2D eigenvalue weighted by Crippen LogP contribution is 2.56. The zero-order valence-corrected chi connectivity index (χ0v) is 10.1. The van der Waals surface area contributed by atoms with E-state index in [4.69, 9.17) is 0 Å². The van der Waals surface area contributed by atoms with Gasteiger partial charge in [0.1, 0.15) is 0 Å². The fourth-order valence-corrected chi connectivity index (χ4v) is 4.16. The zero-order chi connectivity index (χ0) is 12.1. The molecule has 2 saturated carbocycles. The summed E-state index contributed by atoms with van der Waals surface area (Å²) in [6, 6.07) is -0.00796. The lowest BCUT2D eigenvalue weighted by Crippen LogP contribution is -2.69. The molecular weight excluding hydrogens is 218 g/mol. The SMILES string of the molecule is O=C(O)C1(C2(O)CCC3CCNC2C3)CCC1. The van der Waals surface area contributed by atoms with Crippen molar-refractivity contribution in [1.82, 2.24) is 5.32 Å². The minimum atomic E-state index is -1.02. The topological polar surface area (TPSA) is 69.6 Å². The molecule has 0 amide bonds. The van der Waals surface area contributed by atoms with Crippen molar-refractivity contribution in [2.45, 2.75) is 56.6 Å². The number of aliphatic hydroxyl groups is 1. The number of aliphatic carboxylic acids is 1. The van der Waals surface area contributed by atoms with Gasteiger partial charge in [-0.3, -0.25) is 4.79 Å². The molecule has 3 fully saturated rings. The van der Waals surface area contributed by atoms with Crippen molar-refractivity contribution in [3.05, 3.63) is 0 Å². The summed E-state index contributed by atoms with van der Waals surface area (Å²) in [6.45, 7) is 0.924. The average molecular weight is 239 g/mol. The van der Waals surface area contributed by atoms with Crippen LogP contribution < -0.4 is 5.32 Å². The first kappa shape index (κ1) is 11.5. The Bertz CT molecular complexity index is 340. The Morgan fingerprint density at radius 3 is 2.59 bits per heavy atom. The third kappa shape index (κ3) is 1.40.